The molecule has 3 rings (SSSR count). The van der Waals surface area contributed by atoms with Crippen molar-refractivity contribution in [1.29, 1.82) is 0 Å². The molecule has 100 valence electrons. The summed E-state index contributed by atoms with van der Waals surface area (Å²) in [6.45, 7) is 1.88. The summed E-state index contributed by atoms with van der Waals surface area (Å²) in [6.07, 6.45) is 3.18. The van der Waals surface area contributed by atoms with E-state index in [4.69, 9.17) is 0 Å². The first-order valence-electron chi connectivity index (χ1n) is 6.19. The van der Waals surface area contributed by atoms with Crippen LogP contribution in [0.4, 0.5) is 0 Å². The van der Waals surface area contributed by atoms with Gasteiger partial charge in [-0.2, -0.15) is 5.10 Å². The summed E-state index contributed by atoms with van der Waals surface area (Å²) in [7, 11) is 0. The van der Waals surface area contributed by atoms with Crippen LogP contribution in [0.3, 0.4) is 0 Å². The van der Waals surface area contributed by atoms with Gasteiger partial charge in [-0.1, -0.05) is 6.07 Å². The Morgan fingerprint density at radius 1 is 1.25 bits per heavy atom. The van der Waals surface area contributed by atoms with E-state index in [-0.39, 0.29) is 18.0 Å². The van der Waals surface area contributed by atoms with E-state index < -0.39 is 0 Å². The van der Waals surface area contributed by atoms with Gasteiger partial charge in [-0.3, -0.25) is 9.59 Å². The molecule has 4 nitrogen and oxygen atoms in total. The first-order valence-corrected chi connectivity index (χ1v) is 7.07. The highest BCUT2D eigenvalue weighted by atomic mass is 32.1. The van der Waals surface area contributed by atoms with Gasteiger partial charge in [0.2, 0.25) is 0 Å². The SMILES string of the molecule is Cc1ccsc1C(=O)CC(=O)c1cnn2ccccc12. The van der Waals surface area contributed by atoms with E-state index in [2.05, 4.69) is 5.10 Å². The normalized spacial score (nSPS) is 10.8. The molecule has 20 heavy (non-hydrogen) atoms. The highest BCUT2D eigenvalue weighted by Crippen LogP contribution is 2.20. The molecule has 0 spiro atoms. The first-order chi connectivity index (χ1) is 9.66. The average Bonchev–Trinajstić information content (AvgIpc) is 3.04. The average molecular weight is 284 g/mol. The lowest BCUT2D eigenvalue weighted by Gasteiger charge is -1.99. The van der Waals surface area contributed by atoms with Crippen molar-refractivity contribution in [1.82, 2.24) is 9.61 Å². The molecule has 5 heteroatoms. The van der Waals surface area contributed by atoms with Gasteiger partial charge in [0.1, 0.15) is 0 Å². The second-order valence-corrected chi connectivity index (χ2v) is 5.46. The predicted octanol–water partition coefficient (Wildman–Crippen LogP) is 3.16. The van der Waals surface area contributed by atoms with E-state index in [1.54, 1.807) is 10.7 Å². The summed E-state index contributed by atoms with van der Waals surface area (Å²) in [5, 5.41) is 5.98. The highest BCUT2D eigenvalue weighted by molar-refractivity contribution is 7.12. The highest BCUT2D eigenvalue weighted by Gasteiger charge is 2.19. The van der Waals surface area contributed by atoms with Gasteiger partial charge >= 0.3 is 0 Å². The van der Waals surface area contributed by atoms with E-state index in [1.807, 2.05) is 36.6 Å². The van der Waals surface area contributed by atoms with Gasteiger partial charge in [-0.25, -0.2) is 4.52 Å². The van der Waals surface area contributed by atoms with Crippen molar-refractivity contribution in [3.05, 3.63) is 58.0 Å². The Morgan fingerprint density at radius 2 is 2.10 bits per heavy atom. The fourth-order valence-corrected chi connectivity index (χ4v) is 2.99. The molecule has 3 heterocycles. The molecule has 0 saturated heterocycles. The van der Waals surface area contributed by atoms with E-state index in [0.717, 1.165) is 11.1 Å². The Morgan fingerprint density at radius 3 is 2.85 bits per heavy atom. The number of pyridine rings is 1. The third kappa shape index (κ3) is 2.16. The number of carbonyl (C=O) groups excluding carboxylic acids is 2. The van der Waals surface area contributed by atoms with Crippen LogP contribution in [-0.4, -0.2) is 21.2 Å². The van der Waals surface area contributed by atoms with Gasteiger partial charge < -0.3 is 0 Å². The molecule has 0 saturated carbocycles. The summed E-state index contributed by atoms with van der Waals surface area (Å²) in [4.78, 5) is 25.1. The summed E-state index contributed by atoms with van der Waals surface area (Å²) in [6, 6.07) is 7.40. The molecule has 0 radical (unpaired) electrons. The Labute approximate surface area is 119 Å². The molecule has 0 aromatic carbocycles. The predicted molar refractivity (Wildman–Crippen MR) is 77.5 cm³/mol. The zero-order valence-electron chi connectivity index (χ0n) is 10.9. The van der Waals surface area contributed by atoms with Crippen LogP contribution in [0, 0.1) is 6.92 Å². The van der Waals surface area contributed by atoms with Crippen molar-refractivity contribution in [3.63, 3.8) is 0 Å². The Hall–Kier alpha value is -2.27. The topological polar surface area (TPSA) is 51.4 Å². The standard InChI is InChI=1S/C15H12N2O2S/c1-10-5-7-20-15(10)14(19)8-13(18)11-9-16-17-6-3-2-4-12(11)17/h2-7,9H,8H2,1H3. The van der Waals surface area contributed by atoms with E-state index in [1.165, 1.54) is 17.5 Å². The van der Waals surface area contributed by atoms with Crippen molar-refractivity contribution in [2.24, 2.45) is 0 Å². The first kappa shape index (κ1) is 12.7. The number of aromatic nitrogens is 2. The summed E-state index contributed by atoms with van der Waals surface area (Å²) >= 11 is 1.38. The monoisotopic (exact) mass is 284 g/mol. The fourth-order valence-electron chi connectivity index (χ4n) is 2.13. The zero-order valence-corrected chi connectivity index (χ0v) is 11.7. The number of Topliss-reactive ketones (excluding diaryl/α,β-unsaturated/α-hetero) is 2. The molecule has 0 bridgehead atoms. The van der Waals surface area contributed by atoms with Crippen LogP contribution in [-0.2, 0) is 0 Å². The van der Waals surface area contributed by atoms with Gasteiger partial charge in [-0.05, 0) is 36.1 Å². The molecule has 0 aliphatic heterocycles. The maximum Gasteiger partial charge on any atom is 0.180 e. The van der Waals surface area contributed by atoms with E-state index in [0.29, 0.717) is 10.4 Å². The second-order valence-electron chi connectivity index (χ2n) is 4.54. The zero-order chi connectivity index (χ0) is 14.1. The van der Waals surface area contributed by atoms with Crippen LogP contribution in [0.25, 0.3) is 5.52 Å². The number of thiophene rings is 1. The van der Waals surface area contributed by atoms with Gasteiger partial charge in [0.15, 0.2) is 11.6 Å². The Balaban J connectivity index is 1.87. The molecule has 0 N–H and O–H groups in total. The smallest absolute Gasteiger partial charge is 0.180 e. The summed E-state index contributed by atoms with van der Waals surface area (Å²) in [5.41, 5.74) is 2.15. The molecule has 0 unspecified atom stereocenters. The molecule has 3 aromatic heterocycles. The van der Waals surface area contributed by atoms with Crippen molar-refractivity contribution in [2.75, 3.05) is 0 Å². The van der Waals surface area contributed by atoms with Crippen LogP contribution < -0.4 is 0 Å². The molecule has 3 aromatic rings. The lowest BCUT2D eigenvalue weighted by Crippen LogP contribution is -2.08. The molecule has 0 aliphatic carbocycles. The van der Waals surface area contributed by atoms with Gasteiger partial charge in [0.25, 0.3) is 0 Å². The third-order valence-electron chi connectivity index (χ3n) is 3.16. The number of hydrogen-bond acceptors (Lipinski definition) is 4. The van der Waals surface area contributed by atoms with Crippen molar-refractivity contribution in [2.45, 2.75) is 13.3 Å². The Bertz CT molecular complexity index is 801. The van der Waals surface area contributed by atoms with Crippen molar-refractivity contribution < 1.29 is 9.59 Å². The summed E-state index contributed by atoms with van der Waals surface area (Å²) < 4.78 is 1.63. The van der Waals surface area contributed by atoms with E-state index in [9.17, 15) is 9.59 Å². The summed E-state index contributed by atoms with van der Waals surface area (Å²) in [5.74, 6) is -0.318. The van der Waals surface area contributed by atoms with E-state index >= 15 is 0 Å². The molecule has 0 aliphatic rings. The number of rotatable bonds is 4. The van der Waals surface area contributed by atoms with Crippen molar-refractivity contribution >= 4 is 28.4 Å². The minimum absolute atomic E-state index is 0.113. The van der Waals surface area contributed by atoms with Gasteiger partial charge in [0, 0.05) is 6.20 Å². The largest absolute Gasteiger partial charge is 0.294 e. The second kappa shape index (κ2) is 5.02. The minimum Gasteiger partial charge on any atom is -0.294 e. The van der Waals surface area contributed by atoms with Crippen LogP contribution >= 0.6 is 11.3 Å². The molecule has 0 fully saturated rings. The van der Waals surface area contributed by atoms with Gasteiger partial charge in [0.05, 0.1) is 28.6 Å². The van der Waals surface area contributed by atoms with Crippen LogP contribution in [0.15, 0.2) is 42.0 Å². The number of aryl methyl sites for hydroxylation is 1. The quantitative estimate of drug-likeness (QED) is 0.546. The molecular formula is C15H12N2O2S. The number of nitrogens with zero attached hydrogens (tertiary/aromatic N) is 2. The maximum absolute atomic E-state index is 12.3. The van der Waals surface area contributed by atoms with Gasteiger partial charge in [-0.15, -0.1) is 11.3 Å². The molecule has 0 atom stereocenters. The molecule has 0 amide bonds. The maximum atomic E-state index is 12.3. The fraction of sp³-hybridized carbons (Fsp3) is 0.133. The number of ketones is 2. The lowest BCUT2D eigenvalue weighted by molar-refractivity contribution is 0.0897. The molecular weight excluding hydrogens is 272 g/mol. The van der Waals surface area contributed by atoms with Crippen LogP contribution in [0.2, 0.25) is 0 Å². The third-order valence-corrected chi connectivity index (χ3v) is 4.22. The Kier molecular flexibility index (Phi) is 3.20. The number of hydrogen-bond donors (Lipinski definition) is 0. The van der Waals surface area contributed by atoms with Crippen LogP contribution in [0.5, 0.6) is 0 Å². The van der Waals surface area contributed by atoms with Crippen LogP contribution in [0.1, 0.15) is 32.0 Å². The van der Waals surface area contributed by atoms with Crippen molar-refractivity contribution in [3.8, 4) is 0 Å². The minimum atomic E-state index is -0.191. The lowest BCUT2D eigenvalue weighted by atomic mass is 10.1. The number of fused-ring (bicyclic) bond motifs is 1. The number of carbonyl (C=O) groups is 2.